The van der Waals surface area contributed by atoms with Gasteiger partial charge in [-0.1, -0.05) is 29.8 Å². The molecule has 11 heteroatoms. The molecule has 0 fully saturated rings. The number of para-hydroxylation sites is 1. The van der Waals surface area contributed by atoms with Crippen molar-refractivity contribution in [2.45, 2.75) is 11.8 Å². The highest BCUT2D eigenvalue weighted by molar-refractivity contribution is 7.90. The van der Waals surface area contributed by atoms with Gasteiger partial charge >= 0.3 is 0 Å². The number of fused-ring (bicyclic) bond motifs is 1. The van der Waals surface area contributed by atoms with Crippen LogP contribution in [0.15, 0.2) is 59.6 Å². The van der Waals surface area contributed by atoms with Crippen molar-refractivity contribution < 1.29 is 17.7 Å². The van der Waals surface area contributed by atoms with Crippen molar-refractivity contribution in [3.63, 3.8) is 0 Å². The van der Waals surface area contributed by atoms with Crippen LogP contribution in [0, 0.1) is 22.9 Å². The van der Waals surface area contributed by atoms with Crippen LogP contribution in [0.3, 0.4) is 0 Å². The van der Waals surface area contributed by atoms with E-state index < -0.39 is 32.1 Å². The van der Waals surface area contributed by atoms with E-state index >= 15 is 0 Å². The molecule has 0 atom stereocenters. The van der Waals surface area contributed by atoms with E-state index in [4.69, 9.17) is 11.6 Å². The molecule has 2 aromatic heterocycles. The Labute approximate surface area is 174 Å². The number of nitrogens with zero attached hydrogens (tertiary/aromatic N) is 4. The van der Waals surface area contributed by atoms with Crippen LogP contribution in [-0.2, 0) is 10.0 Å². The molecule has 0 amide bonds. The summed E-state index contributed by atoms with van der Waals surface area (Å²) in [6.45, 7) is 1.79. The highest BCUT2D eigenvalue weighted by atomic mass is 35.5. The summed E-state index contributed by atoms with van der Waals surface area (Å²) in [7, 11) is -4.36. The standard InChI is InChI=1S/C19H12ClFN4O4S/c1-11-5-7-13(8-6-11)30(28,29)24-16(17-14(21)10-22-19(20)23-17)9-12-3-2-4-15(18(12)24)25(26)27/h2-10H,1H3. The largest absolute Gasteiger partial charge is 0.294 e. The van der Waals surface area contributed by atoms with Gasteiger partial charge in [-0.3, -0.25) is 10.1 Å². The molecule has 2 heterocycles. The second kappa shape index (κ2) is 7.15. The molecule has 4 rings (SSSR count). The van der Waals surface area contributed by atoms with E-state index in [-0.39, 0.29) is 26.8 Å². The van der Waals surface area contributed by atoms with Crippen LogP contribution in [0.25, 0.3) is 22.3 Å². The van der Waals surface area contributed by atoms with Crippen molar-refractivity contribution in [1.29, 1.82) is 0 Å². The van der Waals surface area contributed by atoms with Crippen LogP contribution in [0.1, 0.15) is 5.56 Å². The van der Waals surface area contributed by atoms with Crippen LogP contribution in [0.2, 0.25) is 5.28 Å². The molecule has 0 aliphatic heterocycles. The Bertz CT molecular complexity index is 1420. The molecule has 30 heavy (non-hydrogen) atoms. The summed E-state index contributed by atoms with van der Waals surface area (Å²) in [6.07, 6.45) is 0.805. The van der Waals surface area contributed by atoms with Gasteiger partial charge in [-0.2, -0.15) is 0 Å². The van der Waals surface area contributed by atoms with Crippen LogP contribution >= 0.6 is 11.6 Å². The fourth-order valence-corrected chi connectivity index (χ4v) is 4.78. The number of aryl methyl sites for hydroxylation is 1. The topological polar surface area (TPSA) is 108 Å². The van der Waals surface area contributed by atoms with E-state index in [0.717, 1.165) is 15.7 Å². The lowest BCUT2D eigenvalue weighted by molar-refractivity contribution is -0.383. The zero-order chi connectivity index (χ0) is 21.6. The maximum atomic E-state index is 14.5. The van der Waals surface area contributed by atoms with E-state index in [1.807, 2.05) is 0 Å². The molecule has 0 bridgehead atoms. The second-order valence-electron chi connectivity index (χ2n) is 6.42. The molecule has 0 N–H and O–H groups in total. The van der Waals surface area contributed by atoms with Gasteiger partial charge in [0.2, 0.25) is 5.28 Å². The molecule has 0 aliphatic carbocycles. The first-order valence-corrected chi connectivity index (χ1v) is 10.3. The first-order valence-electron chi connectivity index (χ1n) is 8.49. The predicted molar refractivity (Wildman–Crippen MR) is 108 cm³/mol. The number of nitro benzene ring substituents is 1. The molecule has 152 valence electrons. The van der Waals surface area contributed by atoms with Crippen molar-refractivity contribution >= 4 is 38.2 Å². The molecule has 4 aromatic rings. The first-order chi connectivity index (χ1) is 14.2. The lowest BCUT2D eigenvalue weighted by Crippen LogP contribution is -2.15. The van der Waals surface area contributed by atoms with Crippen LogP contribution in [0.4, 0.5) is 10.1 Å². The molecule has 0 saturated carbocycles. The third-order valence-corrected chi connectivity index (χ3v) is 6.38. The Hall–Kier alpha value is -3.37. The minimum absolute atomic E-state index is 0.120. The van der Waals surface area contributed by atoms with E-state index in [1.54, 1.807) is 19.1 Å². The van der Waals surface area contributed by atoms with Crippen molar-refractivity contribution in [3.8, 4) is 11.4 Å². The number of rotatable bonds is 4. The number of halogens is 2. The third-order valence-electron chi connectivity index (χ3n) is 4.47. The Kier molecular flexibility index (Phi) is 4.75. The molecular formula is C19H12ClFN4O4S. The summed E-state index contributed by atoms with van der Waals surface area (Å²) in [5, 5.41) is 11.5. The van der Waals surface area contributed by atoms with Gasteiger partial charge in [0.15, 0.2) is 5.82 Å². The molecule has 2 aromatic carbocycles. The number of hydrogen-bond acceptors (Lipinski definition) is 6. The number of nitro groups is 1. The zero-order valence-electron chi connectivity index (χ0n) is 15.3. The molecule has 0 aliphatic rings. The van der Waals surface area contributed by atoms with Crippen molar-refractivity contribution in [3.05, 3.63) is 81.5 Å². The van der Waals surface area contributed by atoms with Gasteiger partial charge in [0.05, 0.1) is 21.7 Å². The average molecular weight is 447 g/mol. The van der Waals surface area contributed by atoms with Gasteiger partial charge in [-0.25, -0.2) is 26.7 Å². The molecule has 0 unspecified atom stereocenters. The monoisotopic (exact) mass is 446 g/mol. The normalized spacial score (nSPS) is 11.7. The quantitative estimate of drug-likeness (QED) is 0.262. The number of hydrogen-bond donors (Lipinski definition) is 0. The Morgan fingerprint density at radius 1 is 1.17 bits per heavy atom. The maximum absolute atomic E-state index is 14.5. The van der Waals surface area contributed by atoms with E-state index in [2.05, 4.69) is 9.97 Å². The minimum Gasteiger partial charge on any atom is -0.258 e. The molecule has 0 spiro atoms. The fraction of sp³-hybridized carbons (Fsp3) is 0.0526. The summed E-state index contributed by atoms with van der Waals surface area (Å²) in [5.41, 5.74) is -0.425. The first kappa shape index (κ1) is 19.9. The van der Waals surface area contributed by atoms with Crippen molar-refractivity contribution in [2.75, 3.05) is 0 Å². The number of aromatic nitrogens is 3. The summed E-state index contributed by atoms with van der Waals surface area (Å²) in [4.78, 5) is 18.2. The van der Waals surface area contributed by atoms with E-state index in [0.29, 0.717) is 0 Å². The van der Waals surface area contributed by atoms with Crippen LogP contribution in [0.5, 0.6) is 0 Å². The zero-order valence-corrected chi connectivity index (χ0v) is 16.9. The van der Waals surface area contributed by atoms with E-state index in [1.165, 1.54) is 36.4 Å². The van der Waals surface area contributed by atoms with Gasteiger partial charge < -0.3 is 0 Å². The summed E-state index contributed by atoms with van der Waals surface area (Å²) in [6, 6.07) is 11.3. The second-order valence-corrected chi connectivity index (χ2v) is 8.54. The Morgan fingerprint density at radius 3 is 2.53 bits per heavy atom. The Balaban J connectivity index is 2.16. The van der Waals surface area contributed by atoms with E-state index in [9.17, 15) is 22.9 Å². The average Bonchev–Trinajstić information content (AvgIpc) is 3.10. The van der Waals surface area contributed by atoms with Crippen LogP contribution in [-0.4, -0.2) is 27.3 Å². The van der Waals surface area contributed by atoms with Gasteiger partial charge in [-0.05, 0) is 36.7 Å². The molecule has 0 radical (unpaired) electrons. The van der Waals surface area contributed by atoms with Gasteiger partial charge in [-0.15, -0.1) is 0 Å². The highest BCUT2D eigenvalue weighted by Crippen LogP contribution is 2.37. The maximum Gasteiger partial charge on any atom is 0.294 e. The minimum atomic E-state index is -4.36. The number of benzene rings is 2. The van der Waals surface area contributed by atoms with Gasteiger partial charge in [0, 0.05) is 11.5 Å². The van der Waals surface area contributed by atoms with Crippen LogP contribution < -0.4 is 0 Å². The van der Waals surface area contributed by atoms with Crippen molar-refractivity contribution in [2.24, 2.45) is 0 Å². The molecule has 8 nitrogen and oxygen atoms in total. The van der Waals surface area contributed by atoms with Crippen molar-refractivity contribution in [1.82, 2.24) is 13.9 Å². The smallest absolute Gasteiger partial charge is 0.258 e. The fourth-order valence-electron chi connectivity index (χ4n) is 3.12. The van der Waals surface area contributed by atoms with Gasteiger partial charge in [0.25, 0.3) is 15.7 Å². The summed E-state index contributed by atoms with van der Waals surface area (Å²) in [5.74, 6) is -0.926. The molecule has 0 saturated heterocycles. The lowest BCUT2D eigenvalue weighted by Gasteiger charge is -2.12. The highest BCUT2D eigenvalue weighted by Gasteiger charge is 2.30. The predicted octanol–water partition coefficient (Wildman–Crippen LogP) is 4.34. The summed E-state index contributed by atoms with van der Waals surface area (Å²) >= 11 is 5.79. The van der Waals surface area contributed by atoms with Gasteiger partial charge in [0.1, 0.15) is 11.2 Å². The molecular weight excluding hydrogens is 435 g/mol. The third kappa shape index (κ3) is 3.19. The summed E-state index contributed by atoms with van der Waals surface area (Å²) < 4.78 is 42.3. The lowest BCUT2D eigenvalue weighted by atomic mass is 10.2. The SMILES string of the molecule is Cc1ccc(S(=O)(=O)n2c(-c3nc(Cl)ncc3F)cc3cccc([N+](=O)[O-])c32)cc1. The Morgan fingerprint density at radius 2 is 1.87 bits per heavy atom. The number of non-ortho nitro benzene ring substituents is 1.